The molecular weight excluding hydrogens is 326 g/mol. The van der Waals surface area contributed by atoms with E-state index in [1.54, 1.807) is 24.4 Å². The van der Waals surface area contributed by atoms with E-state index in [2.05, 4.69) is 15.6 Å². The third kappa shape index (κ3) is 4.11. The summed E-state index contributed by atoms with van der Waals surface area (Å²) in [5.74, 6) is -0.148. The quantitative estimate of drug-likeness (QED) is 0.896. The molecular formula is C18H18ClN3O2. The number of nitrogens with zero attached hydrogens (tertiary/aromatic N) is 1. The third-order valence-electron chi connectivity index (χ3n) is 4.01. The van der Waals surface area contributed by atoms with E-state index in [1.165, 1.54) is 6.20 Å². The van der Waals surface area contributed by atoms with Crippen LogP contribution in [-0.2, 0) is 4.79 Å². The SMILES string of the molecule is O=C1CCC[C@H](CNC(=O)c2cncc(-c3ccc(Cl)cc3)c2)N1. The van der Waals surface area contributed by atoms with Gasteiger partial charge in [0, 0.05) is 42.0 Å². The molecule has 5 nitrogen and oxygen atoms in total. The van der Waals surface area contributed by atoms with Gasteiger partial charge in [-0.25, -0.2) is 0 Å². The molecule has 1 atom stereocenters. The maximum absolute atomic E-state index is 12.3. The Kier molecular flexibility index (Phi) is 5.11. The molecule has 1 aliphatic rings. The van der Waals surface area contributed by atoms with Crippen LogP contribution in [0.15, 0.2) is 42.7 Å². The molecule has 124 valence electrons. The highest BCUT2D eigenvalue weighted by Gasteiger charge is 2.19. The van der Waals surface area contributed by atoms with Crippen molar-refractivity contribution in [2.75, 3.05) is 6.54 Å². The minimum Gasteiger partial charge on any atom is -0.352 e. The standard InChI is InChI=1S/C18H18ClN3O2/c19-15-6-4-12(5-7-15)13-8-14(10-20-9-13)18(24)21-11-16-2-1-3-17(23)22-16/h4-10,16H,1-3,11H2,(H,21,24)(H,22,23)/t16-/m1/s1. The number of carbonyl (C=O) groups is 2. The van der Waals surface area contributed by atoms with Gasteiger partial charge in [-0.2, -0.15) is 0 Å². The molecule has 1 aromatic heterocycles. The highest BCUT2D eigenvalue weighted by Crippen LogP contribution is 2.21. The molecule has 2 N–H and O–H groups in total. The second kappa shape index (κ2) is 7.45. The molecule has 1 aromatic carbocycles. The lowest BCUT2D eigenvalue weighted by Crippen LogP contribution is -2.46. The van der Waals surface area contributed by atoms with Gasteiger partial charge in [-0.1, -0.05) is 23.7 Å². The fourth-order valence-corrected chi connectivity index (χ4v) is 2.84. The van der Waals surface area contributed by atoms with Crippen molar-refractivity contribution in [3.05, 3.63) is 53.3 Å². The van der Waals surface area contributed by atoms with Crippen molar-refractivity contribution in [2.45, 2.75) is 25.3 Å². The number of nitrogens with one attached hydrogen (secondary N) is 2. The smallest absolute Gasteiger partial charge is 0.252 e. The summed E-state index contributed by atoms with van der Waals surface area (Å²) in [7, 11) is 0. The van der Waals surface area contributed by atoms with Crippen LogP contribution in [0.2, 0.25) is 5.02 Å². The molecule has 6 heteroatoms. The lowest BCUT2D eigenvalue weighted by Gasteiger charge is -2.23. The summed E-state index contributed by atoms with van der Waals surface area (Å²) in [5.41, 5.74) is 2.29. The molecule has 3 rings (SSSR count). The molecule has 1 fully saturated rings. The van der Waals surface area contributed by atoms with Gasteiger partial charge in [0.05, 0.1) is 5.56 Å². The maximum Gasteiger partial charge on any atom is 0.252 e. The first-order valence-corrected chi connectivity index (χ1v) is 8.28. The van der Waals surface area contributed by atoms with Crippen LogP contribution in [0.4, 0.5) is 0 Å². The highest BCUT2D eigenvalue weighted by molar-refractivity contribution is 6.30. The van der Waals surface area contributed by atoms with Gasteiger partial charge in [0.1, 0.15) is 0 Å². The van der Waals surface area contributed by atoms with Crippen LogP contribution in [0.25, 0.3) is 11.1 Å². The van der Waals surface area contributed by atoms with Gasteiger partial charge in [0.15, 0.2) is 0 Å². The number of hydrogen-bond acceptors (Lipinski definition) is 3. The molecule has 0 bridgehead atoms. The van der Waals surface area contributed by atoms with E-state index in [4.69, 9.17) is 11.6 Å². The van der Waals surface area contributed by atoms with Crippen molar-refractivity contribution in [3.63, 3.8) is 0 Å². The first kappa shape index (κ1) is 16.5. The molecule has 1 aliphatic heterocycles. The summed E-state index contributed by atoms with van der Waals surface area (Å²) in [6.45, 7) is 0.426. The van der Waals surface area contributed by atoms with E-state index in [0.717, 1.165) is 24.0 Å². The van der Waals surface area contributed by atoms with Crippen molar-refractivity contribution < 1.29 is 9.59 Å². The summed E-state index contributed by atoms with van der Waals surface area (Å²) in [5, 5.41) is 6.41. The van der Waals surface area contributed by atoms with E-state index in [1.807, 2.05) is 12.1 Å². The first-order chi connectivity index (χ1) is 11.6. The summed E-state index contributed by atoms with van der Waals surface area (Å²) < 4.78 is 0. The van der Waals surface area contributed by atoms with Gasteiger partial charge in [-0.05, 0) is 36.6 Å². The lowest BCUT2D eigenvalue weighted by molar-refractivity contribution is -0.123. The summed E-state index contributed by atoms with van der Waals surface area (Å²) >= 11 is 5.90. The zero-order valence-corrected chi connectivity index (χ0v) is 13.8. The van der Waals surface area contributed by atoms with Crippen LogP contribution in [0, 0.1) is 0 Å². The van der Waals surface area contributed by atoms with Crippen molar-refractivity contribution in [2.24, 2.45) is 0 Å². The van der Waals surface area contributed by atoms with Crippen molar-refractivity contribution in [3.8, 4) is 11.1 Å². The maximum atomic E-state index is 12.3. The van der Waals surface area contributed by atoms with E-state index in [-0.39, 0.29) is 17.9 Å². The number of pyridine rings is 1. The Morgan fingerprint density at radius 1 is 1.25 bits per heavy atom. The Bertz CT molecular complexity index is 746. The van der Waals surface area contributed by atoms with Gasteiger partial charge >= 0.3 is 0 Å². The predicted octanol–water partition coefficient (Wildman–Crippen LogP) is 2.80. The van der Waals surface area contributed by atoms with Gasteiger partial charge in [0.2, 0.25) is 5.91 Å². The molecule has 1 saturated heterocycles. The summed E-state index contributed by atoms with van der Waals surface area (Å²) in [4.78, 5) is 27.8. The number of hydrogen-bond donors (Lipinski definition) is 2. The number of carbonyl (C=O) groups excluding carboxylic acids is 2. The van der Waals surface area contributed by atoms with Crippen LogP contribution >= 0.6 is 11.6 Å². The Labute approximate surface area is 145 Å². The van der Waals surface area contributed by atoms with E-state index in [0.29, 0.717) is 23.6 Å². The zero-order valence-electron chi connectivity index (χ0n) is 13.1. The molecule has 2 amide bonds. The molecule has 0 spiro atoms. The first-order valence-electron chi connectivity index (χ1n) is 7.90. The molecule has 0 unspecified atom stereocenters. The second-order valence-electron chi connectivity index (χ2n) is 5.84. The zero-order chi connectivity index (χ0) is 16.9. The second-order valence-corrected chi connectivity index (χ2v) is 6.27. The molecule has 2 aromatic rings. The van der Waals surface area contributed by atoms with Gasteiger partial charge in [0.25, 0.3) is 5.91 Å². The Morgan fingerprint density at radius 3 is 2.79 bits per heavy atom. The highest BCUT2D eigenvalue weighted by atomic mass is 35.5. The minimum atomic E-state index is -0.196. The largest absolute Gasteiger partial charge is 0.352 e. The number of amides is 2. The summed E-state index contributed by atoms with van der Waals surface area (Å²) in [6.07, 6.45) is 5.56. The Hall–Kier alpha value is -2.40. The normalized spacial score (nSPS) is 17.2. The van der Waals surface area contributed by atoms with Gasteiger partial charge in [-0.3, -0.25) is 14.6 Å². The van der Waals surface area contributed by atoms with Crippen molar-refractivity contribution >= 4 is 23.4 Å². The van der Waals surface area contributed by atoms with Crippen molar-refractivity contribution in [1.29, 1.82) is 0 Å². The lowest BCUT2D eigenvalue weighted by atomic mass is 10.0. The fraction of sp³-hybridized carbons (Fsp3) is 0.278. The molecule has 2 heterocycles. The summed E-state index contributed by atoms with van der Waals surface area (Å²) in [6, 6.07) is 9.18. The molecule has 0 aliphatic carbocycles. The van der Waals surface area contributed by atoms with Gasteiger partial charge < -0.3 is 10.6 Å². The Balaban J connectivity index is 1.65. The molecule has 0 radical (unpaired) electrons. The van der Waals surface area contributed by atoms with E-state index in [9.17, 15) is 9.59 Å². The number of aromatic nitrogens is 1. The van der Waals surface area contributed by atoms with Crippen molar-refractivity contribution in [1.82, 2.24) is 15.6 Å². The molecule has 24 heavy (non-hydrogen) atoms. The van der Waals surface area contributed by atoms with Crippen LogP contribution in [-0.4, -0.2) is 29.4 Å². The van der Waals surface area contributed by atoms with E-state index < -0.39 is 0 Å². The molecule has 0 saturated carbocycles. The predicted molar refractivity (Wildman–Crippen MR) is 92.8 cm³/mol. The average molecular weight is 344 g/mol. The number of piperidine rings is 1. The van der Waals surface area contributed by atoms with Crippen LogP contribution in [0.5, 0.6) is 0 Å². The monoisotopic (exact) mass is 343 g/mol. The Morgan fingerprint density at radius 2 is 2.04 bits per heavy atom. The van der Waals surface area contributed by atoms with Crippen LogP contribution in [0.3, 0.4) is 0 Å². The van der Waals surface area contributed by atoms with E-state index >= 15 is 0 Å². The fourth-order valence-electron chi connectivity index (χ4n) is 2.72. The number of benzene rings is 1. The van der Waals surface area contributed by atoms with Crippen LogP contribution in [0.1, 0.15) is 29.6 Å². The topological polar surface area (TPSA) is 71.1 Å². The average Bonchev–Trinajstić information content (AvgIpc) is 2.60. The number of halogens is 1. The third-order valence-corrected chi connectivity index (χ3v) is 4.26. The minimum absolute atomic E-state index is 0.00241. The van der Waals surface area contributed by atoms with Crippen LogP contribution < -0.4 is 10.6 Å². The van der Waals surface area contributed by atoms with Gasteiger partial charge in [-0.15, -0.1) is 0 Å². The number of rotatable bonds is 4.